The standard InChI is InChI=1S/C19H20N2O5/c1-24-15-11-16(25-2)21-19(20-15)26-14-10-6-9-13(17(14)18(22)23)12-7-4-3-5-8-12/h3-8,10-11,13-14,17H,9H2,1-2H3,(H,22,23). The van der Waals surface area contributed by atoms with Gasteiger partial charge in [0.1, 0.15) is 12.0 Å². The van der Waals surface area contributed by atoms with Gasteiger partial charge in [0.15, 0.2) is 0 Å². The van der Waals surface area contributed by atoms with Crippen molar-refractivity contribution < 1.29 is 24.1 Å². The molecule has 0 aliphatic heterocycles. The lowest BCUT2D eigenvalue weighted by atomic mass is 9.77. The van der Waals surface area contributed by atoms with E-state index < -0.39 is 18.0 Å². The number of ether oxygens (including phenoxy) is 3. The van der Waals surface area contributed by atoms with Crippen LogP contribution in [0.15, 0.2) is 48.6 Å². The summed E-state index contributed by atoms with van der Waals surface area (Å²) in [7, 11) is 2.94. The van der Waals surface area contributed by atoms with Gasteiger partial charge in [-0.1, -0.05) is 36.4 Å². The van der Waals surface area contributed by atoms with Gasteiger partial charge >= 0.3 is 12.0 Å². The smallest absolute Gasteiger partial charge is 0.323 e. The van der Waals surface area contributed by atoms with Gasteiger partial charge in [-0.05, 0) is 18.1 Å². The minimum atomic E-state index is -0.928. The topological polar surface area (TPSA) is 90.8 Å². The van der Waals surface area contributed by atoms with Crippen LogP contribution in [0, 0.1) is 5.92 Å². The van der Waals surface area contributed by atoms with Crippen LogP contribution < -0.4 is 14.2 Å². The van der Waals surface area contributed by atoms with E-state index in [-0.39, 0.29) is 23.7 Å². The Morgan fingerprint density at radius 1 is 1.12 bits per heavy atom. The van der Waals surface area contributed by atoms with Gasteiger partial charge in [-0.3, -0.25) is 4.79 Å². The van der Waals surface area contributed by atoms with E-state index in [4.69, 9.17) is 14.2 Å². The normalized spacial score (nSPS) is 21.8. The molecule has 1 aromatic heterocycles. The van der Waals surface area contributed by atoms with Gasteiger partial charge in [0, 0.05) is 5.92 Å². The van der Waals surface area contributed by atoms with Crippen molar-refractivity contribution in [1.82, 2.24) is 9.97 Å². The molecular weight excluding hydrogens is 336 g/mol. The molecule has 0 saturated carbocycles. The lowest BCUT2D eigenvalue weighted by molar-refractivity contribution is -0.145. The summed E-state index contributed by atoms with van der Waals surface area (Å²) in [5.74, 6) is -1.33. The van der Waals surface area contributed by atoms with E-state index in [1.165, 1.54) is 20.3 Å². The highest BCUT2D eigenvalue weighted by molar-refractivity contribution is 5.73. The number of nitrogens with zero attached hydrogens (tertiary/aromatic N) is 2. The summed E-state index contributed by atoms with van der Waals surface area (Å²) in [6, 6.07) is 11.1. The molecule has 26 heavy (non-hydrogen) atoms. The van der Waals surface area contributed by atoms with Crippen LogP contribution >= 0.6 is 0 Å². The molecule has 0 amide bonds. The van der Waals surface area contributed by atoms with Crippen LogP contribution in [0.25, 0.3) is 0 Å². The maximum Gasteiger partial charge on any atom is 0.323 e. The first kappa shape index (κ1) is 17.7. The lowest BCUT2D eigenvalue weighted by Gasteiger charge is -2.31. The first-order chi connectivity index (χ1) is 12.6. The number of carbonyl (C=O) groups is 1. The molecule has 0 spiro atoms. The van der Waals surface area contributed by atoms with Gasteiger partial charge in [0.05, 0.1) is 20.3 Å². The largest absolute Gasteiger partial charge is 0.481 e. The van der Waals surface area contributed by atoms with E-state index in [1.807, 2.05) is 36.4 Å². The van der Waals surface area contributed by atoms with Crippen molar-refractivity contribution in [2.24, 2.45) is 5.92 Å². The van der Waals surface area contributed by atoms with Gasteiger partial charge in [-0.25, -0.2) is 0 Å². The van der Waals surface area contributed by atoms with E-state index in [0.717, 1.165) is 5.56 Å². The second-order valence-electron chi connectivity index (χ2n) is 5.86. The molecule has 1 heterocycles. The SMILES string of the molecule is COc1cc(OC)nc(OC2C=CCC(c3ccccc3)C2C(=O)O)n1. The summed E-state index contributed by atoms with van der Waals surface area (Å²) in [6.07, 6.45) is 3.60. The van der Waals surface area contributed by atoms with Crippen molar-refractivity contribution in [2.75, 3.05) is 14.2 Å². The Morgan fingerprint density at radius 2 is 1.77 bits per heavy atom. The number of hydrogen-bond acceptors (Lipinski definition) is 6. The van der Waals surface area contributed by atoms with E-state index in [1.54, 1.807) is 6.08 Å². The molecule has 3 rings (SSSR count). The summed E-state index contributed by atoms with van der Waals surface area (Å²) >= 11 is 0. The van der Waals surface area contributed by atoms with Crippen LogP contribution in [-0.4, -0.2) is 41.4 Å². The Kier molecular flexibility index (Phi) is 5.36. The molecule has 1 aliphatic carbocycles. The molecule has 0 bridgehead atoms. The Morgan fingerprint density at radius 3 is 2.35 bits per heavy atom. The van der Waals surface area contributed by atoms with Crippen LogP contribution in [0.5, 0.6) is 17.8 Å². The number of allylic oxidation sites excluding steroid dienone is 1. The second-order valence-corrected chi connectivity index (χ2v) is 5.86. The van der Waals surface area contributed by atoms with Crippen LogP contribution in [0.1, 0.15) is 17.9 Å². The number of aliphatic carboxylic acids is 1. The summed E-state index contributed by atoms with van der Waals surface area (Å²) in [6.45, 7) is 0. The summed E-state index contributed by atoms with van der Waals surface area (Å²) in [5, 5.41) is 9.82. The average Bonchev–Trinajstić information content (AvgIpc) is 2.68. The third-order valence-electron chi connectivity index (χ3n) is 4.33. The molecule has 7 heteroatoms. The Bertz CT molecular complexity index is 772. The minimum absolute atomic E-state index is 0.0100. The van der Waals surface area contributed by atoms with Crippen LogP contribution in [0.2, 0.25) is 0 Å². The second kappa shape index (κ2) is 7.86. The van der Waals surface area contributed by atoms with Crippen molar-refractivity contribution in [3.63, 3.8) is 0 Å². The molecule has 0 fully saturated rings. The Balaban J connectivity index is 1.90. The molecule has 1 aromatic carbocycles. The first-order valence-electron chi connectivity index (χ1n) is 8.20. The van der Waals surface area contributed by atoms with E-state index >= 15 is 0 Å². The molecule has 0 saturated heterocycles. The highest BCUT2D eigenvalue weighted by Crippen LogP contribution is 2.36. The number of benzene rings is 1. The number of methoxy groups -OCH3 is 2. The fraction of sp³-hybridized carbons (Fsp3) is 0.316. The first-order valence-corrected chi connectivity index (χ1v) is 8.20. The van der Waals surface area contributed by atoms with Gasteiger partial charge < -0.3 is 19.3 Å². The molecule has 1 aliphatic rings. The molecule has 2 aromatic rings. The average molecular weight is 356 g/mol. The highest BCUT2D eigenvalue weighted by atomic mass is 16.5. The van der Waals surface area contributed by atoms with Gasteiger partial charge in [0.25, 0.3) is 0 Å². The third-order valence-corrected chi connectivity index (χ3v) is 4.33. The molecular formula is C19H20N2O5. The highest BCUT2D eigenvalue weighted by Gasteiger charge is 2.39. The van der Waals surface area contributed by atoms with E-state index in [2.05, 4.69) is 9.97 Å². The molecule has 0 radical (unpaired) electrons. The summed E-state index contributed by atoms with van der Waals surface area (Å²) < 4.78 is 16.0. The molecule has 3 atom stereocenters. The van der Waals surface area contributed by atoms with Crippen LogP contribution in [-0.2, 0) is 4.79 Å². The molecule has 1 N–H and O–H groups in total. The van der Waals surface area contributed by atoms with Gasteiger partial charge in [-0.2, -0.15) is 9.97 Å². The van der Waals surface area contributed by atoms with Crippen molar-refractivity contribution in [3.8, 4) is 17.8 Å². The van der Waals surface area contributed by atoms with Crippen molar-refractivity contribution in [2.45, 2.75) is 18.4 Å². The third kappa shape index (κ3) is 3.77. The quantitative estimate of drug-likeness (QED) is 0.796. The van der Waals surface area contributed by atoms with E-state index in [0.29, 0.717) is 6.42 Å². The number of carboxylic acids is 1. The number of hydrogen-bond donors (Lipinski definition) is 1. The number of rotatable bonds is 6. The minimum Gasteiger partial charge on any atom is -0.481 e. The fourth-order valence-electron chi connectivity index (χ4n) is 3.09. The molecule has 3 unspecified atom stereocenters. The zero-order chi connectivity index (χ0) is 18.5. The van der Waals surface area contributed by atoms with Crippen LogP contribution in [0.4, 0.5) is 0 Å². The molecule has 136 valence electrons. The van der Waals surface area contributed by atoms with Crippen LogP contribution in [0.3, 0.4) is 0 Å². The zero-order valence-electron chi connectivity index (χ0n) is 14.5. The van der Waals surface area contributed by atoms with Gasteiger partial charge in [0.2, 0.25) is 11.8 Å². The van der Waals surface area contributed by atoms with Crippen molar-refractivity contribution in [3.05, 3.63) is 54.1 Å². The Labute approximate surface area is 151 Å². The number of aromatic nitrogens is 2. The maximum atomic E-state index is 12.0. The zero-order valence-corrected chi connectivity index (χ0v) is 14.5. The lowest BCUT2D eigenvalue weighted by Crippen LogP contribution is -2.38. The molecule has 7 nitrogen and oxygen atoms in total. The maximum absolute atomic E-state index is 12.0. The predicted octanol–water partition coefficient (Wildman–Crippen LogP) is 2.69. The summed E-state index contributed by atoms with van der Waals surface area (Å²) in [5.41, 5.74) is 0.960. The van der Waals surface area contributed by atoms with Crippen molar-refractivity contribution in [1.29, 1.82) is 0 Å². The predicted molar refractivity (Wildman–Crippen MR) is 93.6 cm³/mol. The van der Waals surface area contributed by atoms with Gasteiger partial charge in [-0.15, -0.1) is 0 Å². The fourth-order valence-corrected chi connectivity index (χ4v) is 3.09. The monoisotopic (exact) mass is 356 g/mol. The number of carboxylic acid groups (broad SMARTS) is 1. The summed E-state index contributed by atoms with van der Waals surface area (Å²) in [4.78, 5) is 20.2. The Hall–Kier alpha value is -3.09. The van der Waals surface area contributed by atoms with Crippen molar-refractivity contribution >= 4 is 5.97 Å². The van der Waals surface area contributed by atoms with E-state index in [9.17, 15) is 9.90 Å².